The number of aliphatic hydroxyl groups excluding tert-OH is 1. The first-order valence-corrected chi connectivity index (χ1v) is 5.76. The molecule has 2 rings (SSSR count). The summed E-state index contributed by atoms with van der Waals surface area (Å²) in [6.07, 6.45) is 0.223. The number of carbonyl (C=O) groups excluding carboxylic acids is 1. The van der Waals surface area contributed by atoms with E-state index >= 15 is 0 Å². The molecule has 6 heteroatoms. The van der Waals surface area contributed by atoms with Crippen molar-refractivity contribution in [1.29, 1.82) is 0 Å². The summed E-state index contributed by atoms with van der Waals surface area (Å²) in [6, 6.07) is 2.80. The first-order chi connectivity index (χ1) is 8.99. The average molecular weight is 266 g/mol. The molecule has 0 saturated carbocycles. The van der Waals surface area contributed by atoms with Gasteiger partial charge in [0.2, 0.25) is 0 Å². The van der Waals surface area contributed by atoms with Gasteiger partial charge in [0.25, 0.3) is 0 Å². The summed E-state index contributed by atoms with van der Waals surface area (Å²) < 4.78 is 15.0. The van der Waals surface area contributed by atoms with Gasteiger partial charge in [-0.2, -0.15) is 0 Å². The molecule has 2 atom stereocenters. The first-order valence-electron chi connectivity index (χ1n) is 5.76. The first kappa shape index (κ1) is 13.4. The molecule has 1 fully saturated rings. The number of cyclic esters (lactones) is 1. The van der Waals surface area contributed by atoms with E-state index in [2.05, 4.69) is 0 Å². The fourth-order valence-electron chi connectivity index (χ4n) is 1.82. The summed E-state index contributed by atoms with van der Waals surface area (Å²) >= 11 is 0. The van der Waals surface area contributed by atoms with Crippen LogP contribution in [0.3, 0.4) is 0 Å². The molecule has 0 unspecified atom stereocenters. The van der Waals surface area contributed by atoms with Gasteiger partial charge in [0.05, 0.1) is 13.2 Å². The maximum atomic E-state index is 11.3. The van der Waals surface area contributed by atoms with E-state index in [1.807, 2.05) is 0 Å². The highest BCUT2D eigenvalue weighted by Gasteiger charge is 2.31. The summed E-state index contributed by atoms with van der Waals surface area (Å²) in [5.41, 5.74) is 0.105. The molecule has 19 heavy (non-hydrogen) atoms. The fourth-order valence-corrected chi connectivity index (χ4v) is 1.82. The quantitative estimate of drug-likeness (QED) is 0.812. The summed E-state index contributed by atoms with van der Waals surface area (Å²) in [5.74, 6) is 0.0883. The predicted molar refractivity (Wildman–Crippen MR) is 65.7 cm³/mol. The Bertz CT molecular complexity index is 571. The third-order valence-corrected chi connectivity index (χ3v) is 2.80. The van der Waals surface area contributed by atoms with Gasteiger partial charge in [-0.3, -0.25) is 0 Å². The maximum absolute atomic E-state index is 11.3. The van der Waals surface area contributed by atoms with Crippen LogP contribution in [0.5, 0.6) is 5.75 Å². The van der Waals surface area contributed by atoms with E-state index in [1.54, 1.807) is 19.1 Å². The molecular weight excluding hydrogens is 252 g/mol. The standard InChI is InChI=1S/C13H14O6/c1-7(3-9-4-10(14)13(16)18-9)11-5-8(17-2)6-12(15)19-11/h3,5-6,9-10,14H,4H2,1-2H3/b7-3+/t9-,10+/m1/s1. The average Bonchev–Trinajstić information content (AvgIpc) is 2.67. The van der Waals surface area contributed by atoms with E-state index in [4.69, 9.17) is 13.9 Å². The van der Waals surface area contributed by atoms with E-state index in [0.29, 0.717) is 17.1 Å². The lowest BCUT2D eigenvalue weighted by atomic mass is 10.1. The number of allylic oxidation sites excluding steroid dienone is 1. The van der Waals surface area contributed by atoms with Gasteiger partial charge in [-0.05, 0) is 18.6 Å². The molecule has 1 aliphatic rings. The topological polar surface area (TPSA) is 86.0 Å². The number of rotatable bonds is 3. The summed E-state index contributed by atoms with van der Waals surface area (Å²) in [7, 11) is 1.45. The number of hydrogen-bond acceptors (Lipinski definition) is 6. The highest BCUT2D eigenvalue weighted by Crippen LogP contribution is 2.22. The normalized spacial score (nSPS) is 23.3. The molecule has 6 nitrogen and oxygen atoms in total. The molecule has 0 aromatic carbocycles. The number of hydrogen-bond donors (Lipinski definition) is 1. The predicted octanol–water partition coefficient (Wildman–Crippen LogP) is 0.728. The maximum Gasteiger partial charge on any atom is 0.339 e. The number of ether oxygens (including phenoxy) is 2. The molecule has 1 saturated heterocycles. The van der Waals surface area contributed by atoms with Crippen molar-refractivity contribution in [2.24, 2.45) is 0 Å². The Morgan fingerprint density at radius 1 is 1.47 bits per heavy atom. The van der Waals surface area contributed by atoms with Crippen molar-refractivity contribution in [3.63, 3.8) is 0 Å². The van der Waals surface area contributed by atoms with Gasteiger partial charge in [0.15, 0.2) is 6.10 Å². The summed E-state index contributed by atoms with van der Waals surface area (Å²) in [5, 5.41) is 9.28. The third kappa shape index (κ3) is 3.03. The number of aliphatic hydroxyl groups is 1. The van der Waals surface area contributed by atoms with E-state index in [0.717, 1.165) is 0 Å². The van der Waals surface area contributed by atoms with Crippen LogP contribution in [-0.2, 0) is 9.53 Å². The lowest BCUT2D eigenvalue weighted by molar-refractivity contribution is -0.146. The SMILES string of the molecule is COc1cc(/C(C)=C/[C@@H]2C[C@H](O)C(=O)O2)oc(=O)c1. The molecular formula is C13H14O6. The smallest absolute Gasteiger partial charge is 0.339 e. The van der Waals surface area contributed by atoms with Crippen molar-refractivity contribution in [3.05, 3.63) is 34.4 Å². The van der Waals surface area contributed by atoms with Crippen molar-refractivity contribution in [2.45, 2.75) is 25.6 Å². The van der Waals surface area contributed by atoms with Crippen LogP contribution in [0.2, 0.25) is 0 Å². The number of methoxy groups -OCH3 is 1. The fraction of sp³-hybridized carbons (Fsp3) is 0.385. The second kappa shape index (κ2) is 5.27. The minimum absolute atomic E-state index is 0.199. The third-order valence-electron chi connectivity index (χ3n) is 2.80. The zero-order chi connectivity index (χ0) is 14.0. The van der Waals surface area contributed by atoms with Crippen LogP contribution < -0.4 is 10.4 Å². The largest absolute Gasteiger partial charge is 0.496 e. The van der Waals surface area contributed by atoms with Crippen molar-refractivity contribution < 1.29 is 23.8 Å². The van der Waals surface area contributed by atoms with Gasteiger partial charge in [0, 0.05) is 12.5 Å². The van der Waals surface area contributed by atoms with E-state index in [1.165, 1.54) is 13.2 Å². The second-order valence-corrected chi connectivity index (χ2v) is 4.26. The monoisotopic (exact) mass is 266 g/mol. The Morgan fingerprint density at radius 3 is 2.79 bits per heavy atom. The van der Waals surface area contributed by atoms with Crippen LogP contribution in [-0.4, -0.2) is 30.4 Å². The Balaban J connectivity index is 2.24. The van der Waals surface area contributed by atoms with Gasteiger partial charge in [-0.1, -0.05) is 0 Å². The van der Waals surface area contributed by atoms with Gasteiger partial charge < -0.3 is 19.0 Å². The molecule has 2 heterocycles. The van der Waals surface area contributed by atoms with Crippen LogP contribution >= 0.6 is 0 Å². The summed E-state index contributed by atoms with van der Waals surface area (Å²) in [6.45, 7) is 1.72. The van der Waals surface area contributed by atoms with Gasteiger partial charge >= 0.3 is 11.6 Å². The van der Waals surface area contributed by atoms with Crippen molar-refractivity contribution in [2.75, 3.05) is 7.11 Å². The molecule has 1 aromatic rings. The van der Waals surface area contributed by atoms with E-state index < -0.39 is 23.8 Å². The van der Waals surface area contributed by atoms with Gasteiger partial charge in [-0.25, -0.2) is 9.59 Å². The van der Waals surface area contributed by atoms with Crippen LogP contribution in [0.15, 0.2) is 27.4 Å². The van der Waals surface area contributed by atoms with E-state index in [9.17, 15) is 14.7 Å². The molecule has 0 radical (unpaired) electrons. The number of carbonyl (C=O) groups is 1. The molecule has 0 spiro atoms. The Labute approximate surface area is 109 Å². The van der Waals surface area contributed by atoms with Crippen LogP contribution in [0.4, 0.5) is 0 Å². The van der Waals surface area contributed by atoms with Crippen LogP contribution in [0.25, 0.3) is 5.57 Å². The minimum atomic E-state index is -1.09. The molecule has 102 valence electrons. The molecule has 1 aromatic heterocycles. The Morgan fingerprint density at radius 2 is 2.21 bits per heavy atom. The second-order valence-electron chi connectivity index (χ2n) is 4.26. The zero-order valence-electron chi connectivity index (χ0n) is 10.6. The summed E-state index contributed by atoms with van der Waals surface area (Å²) in [4.78, 5) is 22.4. The highest BCUT2D eigenvalue weighted by atomic mass is 16.6. The van der Waals surface area contributed by atoms with Gasteiger partial charge in [-0.15, -0.1) is 0 Å². The molecule has 1 N–H and O–H groups in total. The highest BCUT2D eigenvalue weighted by molar-refractivity contribution is 5.77. The molecule has 1 aliphatic heterocycles. The lowest BCUT2D eigenvalue weighted by Gasteiger charge is -2.06. The van der Waals surface area contributed by atoms with Gasteiger partial charge in [0.1, 0.15) is 17.6 Å². The molecule has 0 amide bonds. The van der Waals surface area contributed by atoms with E-state index in [-0.39, 0.29) is 6.42 Å². The zero-order valence-corrected chi connectivity index (χ0v) is 10.6. The molecule has 0 bridgehead atoms. The Kier molecular flexibility index (Phi) is 3.71. The van der Waals surface area contributed by atoms with Crippen molar-refractivity contribution >= 4 is 11.5 Å². The minimum Gasteiger partial charge on any atom is -0.496 e. The Hall–Kier alpha value is -2.08. The van der Waals surface area contributed by atoms with Crippen molar-refractivity contribution in [1.82, 2.24) is 0 Å². The number of esters is 1. The molecule has 0 aliphatic carbocycles. The lowest BCUT2D eigenvalue weighted by Crippen LogP contribution is -2.11. The van der Waals surface area contributed by atoms with Crippen molar-refractivity contribution in [3.8, 4) is 5.75 Å². The van der Waals surface area contributed by atoms with Crippen LogP contribution in [0, 0.1) is 0 Å². The van der Waals surface area contributed by atoms with Crippen LogP contribution in [0.1, 0.15) is 19.1 Å².